The van der Waals surface area contributed by atoms with Gasteiger partial charge in [-0.2, -0.15) is 0 Å². The van der Waals surface area contributed by atoms with Gasteiger partial charge in [0.05, 0.1) is 13.0 Å². The van der Waals surface area contributed by atoms with E-state index in [1.54, 1.807) is 0 Å². The van der Waals surface area contributed by atoms with Gasteiger partial charge in [0.1, 0.15) is 0 Å². The topological polar surface area (TPSA) is 29.5 Å². The smallest absolute Gasteiger partial charge is 0.307 e. The first-order valence-electron chi connectivity index (χ1n) is 7.99. The first-order valence-corrected chi connectivity index (χ1v) is 7.99. The lowest BCUT2D eigenvalue weighted by molar-refractivity contribution is -0.149. The van der Waals surface area contributed by atoms with Crippen LogP contribution in [0.1, 0.15) is 59.3 Å². The third-order valence-electron chi connectivity index (χ3n) is 5.20. The van der Waals surface area contributed by atoms with Gasteiger partial charge in [0, 0.05) is 5.54 Å². The van der Waals surface area contributed by atoms with Gasteiger partial charge in [-0.15, -0.1) is 0 Å². The van der Waals surface area contributed by atoms with Crippen LogP contribution >= 0.6 is 0 Å². The highest BCUT2D eigenvalue weighted by Gasteiger charge is 2.47. The van der Waals surface area contributed by atoms with Gasteiger partial charge in [0.25, 0.3) is 0 Å². The molecule has 2 fully saturated rings. The molecule has 2 aliphatic rings. The van der Waals surface area contributed by atoms with E-state index in [9.17, 15) is 4.79 Å². The molecule has 1 aliphatic heterocycles. The predicted molar refractivity (Wildman–Crippen MR) is 77.0 cm³/mol. The zero-order valence-electron chi connectivity index (χ0n) is 12.8. The molecule has 3 unspecified atom stereocenters. The van der Waals surface area contributed by atoms with E-state index in [2.05, 4.69) is 18.7 Å². The minimum Gasteiger partial charge on any atom is -0.466 e. The van der Waals surface area contributed by atoms with Gasteiger partial charge in [-0.3, -0.25) is 9.69 Å². The molecule has 3 atom stereocenters. The molecule has 0 spiro atoms. The summed E-state index contributed by atoms with van der Waals surface area (Å²) in [6, 6.07) is 0. The SMILES string of the molecule is CCOC(=O)CC1(N2CCCC2)CC(C)CCC1C. The van der Waals surface area contributed by atoms with Crippen LogP contribution in [0.25, 0.3) is 0 Å². The largest absolute Gasteiger partial charge is 0.466 e. The van der Waals surface area contributed by atoms with Crippen LogP contribution < -0.4 is 0 Å². The van der Waals surface area contributed by atoms with Crippen LogP contribution in [0.15, 0.2) is 0 Å². The van der Waals surface area contributed by atoms with Crippen LogP contribution in [0.4, 0.5) is 0 Å². The van der Waals surface area contributed by atoms with Crippen molar-refractivity contribution in [3.05, 3.63) is 0 Å². The highest BCUT2D eigenvalue weighted by molar-refractivity contribution is 5.71. The summed E-state index contributed by atoms with van der Waals surface area (Å²) < 4.78 is 5.25. The molecule has 1 aliphatic carbocycles. The number of carbonyl (C=O) groups is 1. The third kappa shape index (κ3) is 3.13. The summed E-state index contributed by atoms with van der Waals surface area (Å²) in [5.74, 6) is 1.33. The molecule has 2 rings (SSSR count). The number of likely N-dealkylation sites (tertiary alicyclic amines) is 1. The summed E-state index contributed by atoms with van der Waals surface area (Å²) in [5.41, 5.74) is 0.0699. The molecule has 0 amide bonds. The van der Waals surface area contributed by atoms with Crippen molar-refractivity contribution in [2.75, 3.05) is 19.7 Å². The van der Waals surface area contributed by atoms with E-state index >= 15 is 0 Å². The van der Waals surface area contributed by atoms with Crippen molar-refractivity contribution in [3.63, 3.8) is 0 Å². The molecule has 0 aromatic carbocycles. The lowest BCUT2D eigenvalue weighted by atomic mass is 9.67. The quantitative estimate of drug-likeness (QED) is 0.732. The summed E-state index contributed by atoms with van der Waals surface area (Å²) in [4.78, 5) is 14.7. The fraction of sp³-hybridized carbons (Fsp3) is 0.938. The average Bonchev–Trinajstić information content (AvgIpc) is 2.88. The van der Waals surface area contributed by atoms with Crippen molar-refractivity contribution in [3.8, 4) is 0 Å². The summed E-state index contributed by atoms with van der Waals surface area (Å²) in [6.07, 6.45) is 6.87. The lowest BCUT2D eigenvalue weighted by Crippen LogP contribution is -2.56. The summed E-state index contributed by atoms with van der Waals surface area (Å²) in [7, 11) is 0. The standard InChI is InChI=1S/C16H29NO2/c1-4-19-15(18)12-16(17-9-5-6-10-17)11-13(2)7-8-14(16)3/h13-14H,4-12H2,1-3H3. The predicted octanol–water partition coefficient (Wildman–Crippen LogP) is 3.23. The molecule has 0 aromatic rings. The van der Waals surface area contributed by atoms with E-state index in [-0.39, 0.29) is 11.5 Å². The second kappa shape index (κ2) is 6.25. The van der Waals surface area contributed by atoms with Crippen LogP contribution in [-0.4, -0.2) is 36.1 Å². The van der Waals surface area contributed by atoms with Gasteiger partial charge in [-0.05, 0) is 57.5 Å². The number of nitrogens with zero attached hydrogens (tertiary/aromatic N) is 1. The minimum atomic E-state index is -0.00431. The zero-order chi connectivity index (χ0) is 13.9. The number of esters is 1. The average molecular weight is 267 g/mol. The molecular weight excluding hydrogens is 238 g/mol. The molecule has 1 saturated carbocycles. The van der Waals surface area contributed by atoms with E-state index < -0.39 is 0 Å². The van der Waals surface area contributed by atoms with Gasteiger partial charge in [-0.1, -0.05) is 20.3 Å². The van der Waals surface area contributed by atoms with Crippen molar-refractivity contribution in [1.82, 2.24) is 4.90 Å². The molecule has 3 nitrogen and oxygen atoms in total. The summed E-state index contributed by atoms with van der Waals surface area (Å²) in [5, 5.41) is 0. The van der Waals surface area contributed by atoms with Crippen LogP contribution in [0.2, 0.25) is 0 Å². The Labute approximate surface area is 117 Å². The van der Waals surface area contributed by atoms with Crippen molar-refractivity contribution in [2.24, 2.45) is 11.8 Å². The molecule has 19 heavy (non-hydrogen) atoms. The molecule has 3 heteroatoms. The number of rotatable bonds is 4. The fourth-order valence-corrected chi connectivity index (χ4v) is 4.13. The Morgan fingerprint density at radius 1 is 1.26 bits per heavy atom. The first-order chi connectivity index (χ1) is 9.08. The van der Waals surface area contributed by atoms with Crippen molar-refractivity contribution >= 4 is 5.97 Å². The Kier molecular flexibility index (Phi) is 4.88. The van der Waals surface area contributed by atoms with E-state index in [1.165, 1.54) is 25.7 Å². The third-order valence-corrected chi connectivity index (χ3v) is 5.20. The number of carbonyl (C=O) groups excluding carboxylic acids is 1. The van der Waals surface area contributed by atoms with E-state index in [4.69, 9.17) is 4.74 Å². The number of ether oxygens (including phenoxy) is 1. The van der Waals surface area contributed by atoms with Gasteiger partial charge in [0.2, 0.25) is 0 Å². The monoisotopic (exact) mass is 267 g/mol. The first kappa shape index (κ1) is 14.8. The second-order valence-electron chi connectivity index (χ2n) is 6.57. The molecule has 0 radical (unpaired) electrons. The summed E-state index contributed by atoms with van der Waals surface area (Å²) >= 11 is 0. The van der Waals surface area contributed by atoms with Gasteiger partial charge in [-0.25, -0.2) is 0 Å². The highest BCUT2D eigenvalue weighted by Crippen LogP contribution is 2.44. The molecule has 1 heterocycles. The lowest BCUT2D eigenvalue weighted by Gasteiger charge is -2.50. The van der Waals surface area contributed by atoms with Gasteiger partial charge >= 0.3 is 5.97 Å². The Morgan fingerprint density at radius 3 is 2.58 bits per heavy atom. The van der Waals surface area contributed by atoms with Gasteiger partial charge < -0.3 is 4.74 Å². The van der Waals surface area contributed by atoms with Crippen molar-refractivity contribution in [1.29, 1.82) is 0 Å². The summed E-state index contributed by atoms with van der Waals surface area (Å²) in [6.45, 7) is 9.39. The minimum absolute atomic E-state index is 0.00431. The van der Waals surface area contributed by atoms with Crippen LogP contribution in [0.5, 0.6) is 0 Å². The molecule has 0 aromatic heterocycles. The molecule has 0 bridgehead atoms. The Morgan fingerprint density at radius 2 is 1.95 bits per heavy atom. The van der Waals surface area contributed by atoms with Crippen molar-refractivity contribution < 1.29 is 9.53 Å². The fourth-order valence-electron chi connectivity index (χ4n) is 4.13. The maximum Gasteiger partial charge on any atom is 0.307 e. The highest BCUT2D eigenvalue weighted by atomic mass is 16.5. The zero-order valence-corrected chi connectivity index (χ0v) is 12.8. The molecule has 1 saturated heterocycles. The molecule has 110 valence electrons. The van der Waals surface area contributed by atoms with E-state index in [0.29, 0.717) is 18.9 Å². The Bertz CT molecular complexity index is 312. The van der Waals surface area contributed by atoms with Crippen molar-refractivity contribution in [2.45, 2.75) is 64.8 Å². The maximum absolute atomic E-state index is 12.1. The second-order valence-corrected chi connectivity index (χ2v) is 6.57. The van der Waals surface area contributed by atoms with Gasteiger partial charge in [0.15, 0.2) is 0 Å². The number of hydrogen-bond donors (Lipinski definition) is 0. The Balaban J connectivity index is 2.17. The van der Waals surface area contributed by atoms with Crippen LogP contribution in [0.3, 0.4) is 0 Å². The maximum atomic E-state index is 12.1. The van der Waals surface area contributed by atoms with E-state index in [0.717, 1.165) is 25.4 Å². The van der Waals surface area contributed by atoms with Crippen LogP contribution in [-0.2, 0) is 9.53 Å². The van der Waals surface area contributed by atoms with E-state index in [1.807, 2.05) is 6.92 Å². The molecular formula is C16H29NO2. The Hall–Kier alpha value is -0.570. The molecule has 0 N–H and O–H groups in total. The van der Waals surface area contributed by atoms with Crippen LogP contribution in [0, 0.1) is 11.8 Å². The number of hydrogen-bond acceptors (Lipinski definition) is 3. The normalized spacial score (nSPS) is 36.4.